The Balaban J connectivity index is 1.89. The molecule has 5 nitrogen and oxygen atoms in total. The first-order valence-electron chi connectivity index (χ1n) is 5.40. The minimum absolute atomic E-state index is 0.272. The lowest BCUT2D eigenvalue weighted by atomic mass is 10.2. The van der Waals surface area contributed by atoms with Crippen LogP contribution in [0.1, 0.15) is 10.5 Å². The summed E-state index contributed by atoms with van der Waals surface area (Å²) in [6, 6.07) is 12.7. The molecule has 0 atom stereocenters. The quantitative estimate of drug-likeness (QED) is 0.696. The van der Waals surface area contributed by atoms with Crippen LogP contribution in [0.3, 0.4) is 0 Å². The van der Waals surface area contributed by atoms with Gasteiger partial charge in [-0.1, -0.05) is 18.2 Å². The largest absolute Gasteiger partial charge is 0.403 e. The van der Waals surface area contributed by atoms with Gasteiger partial charge in [-0.3, -0.25) is 5.10 Å². The van der Waals surface area contributed by atoms with Crippen LogP contribution in [0.5, 0.6) is 5.88 Å². The number of hydrogen-bond acceptors (Lipinski definition) is 4. The average molecular weight is 239 g/mol. The summed E-state index contributed by atoms with van der Waals surface area (Å²) in [7, 11) is 0. The van der Waals surface area contributed by atoms with Gasteiger partial charge in [0.1, 0.15) is 5.69 Å². The number of carbonyl (C=O) groups excluding carboxylic acids is 1. The maximum absolute atomic E-state index is 11.7. The number of nitrogens with zero attached hydrogens (tertiary/aromatic N) is 2. The van der Waals surface area contributed by atoms with Crippen LogP contribution in [0.15, 0.2) is 48.7 Å². The third kappa shape index (κ3) is 1.93. The lowest BCUT2D eigenvalue weighted by molar-refractivity contribution is 0.0722. The van der Waals surface area contributed by atoms with Crippen molar-refractivity contribution in [3.63, 3.8) is 0 Å². The molecule has 5 heteroatoms. The Labute approximate surface area is 102 Å². The summed E-state index contributed by atoms with van der Waals surface area (Å²) in [4.78, 5) is 15.9. The van der Waals surface area contributed by atoms with E-state index in [1.165, 1.54) is 6.20 Å². The number of H-pyrrole nitrogens is 1. The van der Waals surface area contributed by atoms with E-state index >= 15 is 0 Å². The van der Waals surface area contributed by atoms with Crippen LogP contribution < -0.4 is 4.74 Å². The second-order valence-corrected chi connectivity index (χ2v) is 3.70. The molecule has 0 fully saturated rings. The van der Waals surface area contributed by atoms with Crippen molar-refractivity contribution in [3.8, 4) is 5.88 Å². The van der Waals surface area contributed by atoms with Crippen molar-refractivity contribution in [1.82, 2.24) is 15.2 Å². The van der Waals surface area contributed by atoms with Gasteiger partial charge in [0.05, 0.1) is 5.52 Å². The second kappa shape index (κ2) is 4.29. The summed E-state index contributed by atoms with van der Waals surface area (Å²) in [5.74, 6) is -0.233. The molecule has 2 aromatic heterocycles. The van der Waals surface area contributed by atoms with E-state index in [-0.39, 0.29) is 5.88 Å². The van der Waals surface area contributed by atoms with E-state index in [1.54, 1.807) is 12.1 Å². The Morgan fingerprint density at radius 1 is 1.11 bits per heavy atom. The number of nitrogens with one attached hydrogen (secondary N) is 1. The second-order valence-electron chi connectivity index (χ2n) is 3.70. The van der Waals surface area contributed by atoms with Gasteiger partial charge >= 0.3 is 5.97 Å². The predicted octanol–water partition coefficient (Wildman–Crippen LogP) is 2.18. The Hall–Kier alpha value is -2.69. The smallest absolute Gasteiger partial charge is 0.363 e. The predicted molar refractivity (Wildman–Crippen MR) is 65.3 cm³/mol. The summed E-state index contributed by atoms with van der Waals surface area (Å²) < 4.78 is 5.15. The number of benzene rings is 1. The molecule has 1 N–H and O–H groups in total. The summed E-state index contributed by atoms with van der Waals surface area (Å²) in [6.45, 7) is 0. The van der Waals surface area contributed by atoms with Crippen molar-refractivity contribution >= 4 is 16.9 Å². The van der Waals surface area contributed by atoms with Crippen LogP contribution in [0.2, 0.25) is 0 Å². The van der Waals surface area contributed by atoms with Gasteiger partial charge in [0.2, 0.25) is 5.88 Å². The van der Waals surface area contributed by atoms with E-state index in [9.17, 15) is 4.79 Å². The van der Waals surface area contributed by atoms with Crippen LogP contribution in [-0.2, 0) is 0 Å². The fraction of sp³-hybridized carbons (Fsp3) is 0. The van der Waals surface area contributed by atoms with Gasteiger partial charge < -0.3 is 4.74 Å². The first-order valence-corrected chi connectivity index (χ1v) is 5.40. The number of fused-ring (bicyclic) bond motifs is 1. The van der Waals surface area contributed by atoms with E-state index in [1.807, 2.05) is 30.3 Å². The van der Waals surface area contributed by atoms with E-state index in [0.29, 0.717) is 5.69 Å². The van der Waals surface area contributed by atoms with Crippen molar-refractivity contribution < 1.29 is 9.53 Å². The first kappa shape index (κ1) is 10.5. The highest BCUT2D eigenvalue weighted by Gasteiger charge is 2.10. The number of aromatic nitrogens is 3. The molecule has 0 aliphatic heterocycles. The van der Waals surface area contributed by atoms with Crippen molar-refractivity contribution in [2.24, 2.45) is 0 Å². The van der Waals surface area contributed by atoms with Crippen molar-refractivity contribution in [3.05, 3.63) is 54.4 Å². The molecule has 0 radical (unpaired) electrons. The molecule has 1 aromatic carbocycles. The number of rotatable bonds is 2. The molecule has 3 aromatic rings. The third-order valence-corrected chi connectivity index (χ3v) is 2.49. The lowest BCUT2D eigenvalue weighted by Crippen LogP contribution is -2.09. The maximum Gasteiger partial charge on any atom is 0.363 e. The molecule has 2 heterocycles. The summed E-state index contributed by atoms with van der Waals surface area (Å²) in [5.41, 5.74) is 1.08. The molecule has 88 valence electrons. The summed E-state index contributed by atoms with van der Waals surface area (Å²) in [6.07, 6.45) is 1.49. The average Bonchev–Trinajstić information content (AvgIpc) is 2.92. The number of para-hydroxylation sites is 1. The highest BCUT2D eigenvalue weighted by molar-refractivity contribution is 5.89. The van der Waals surface area contributed by atoms with E-state index in [0.717, 1.165) is 10.9 Å². The standard InChI is InChI=1S/C13H9N3O2/c17-13(11-7-8-14-16-11)18-12-6-5-9-3-1-2-4-10(9)15-12/h1-8H,(H,14,16). The summed E-state index contributed by atoms with van der Waals surface area (Å²) >= 11 is 0. The Morgan fingerprint density at radius 3 is 2.83 bits per heavy atom. The molecule has 0 spiro atoms. The molecule has 0 saturated carbocycles. The van der Waals surface area contributed by atoms with Gasteiger partial charge in [-0.15, -0.1) is 0 Å². The highest BCUT2D eigenvalue weighted by atomic mass is 16.5. The van der Waals surface area contributed by atoms with Gasteiger partial charge in [0.15, 0.2) is 0 Å². The Bertz CT molecular complexity index is 692. The SMILES string of the molecule is O=C(Oc1ccc2ccccc2n1)c1ccn[nH]1. The summed E-state index contributed by atoms with van der Waals surface area (Å²) in [5, 5.41) is 7.23. The Morgan fingerprint density at radius 2 is 2.00 bits per heavy atom. The van der Waals surface area contributed by atoms with Gasteiger partial charge in [0.25, 0.3) is 0 Å². The van der Waals surface area contributed by atoms with E-state index < -0.39 is 5.97 Å². The first-order chi connectivity index (χ1) is 8.83. The van der Waals surface area contributed by atoms with Crippen molar-refractivity contribution in [2.45, 2.75) is 0 Å². The van der Waals surface area contributed by atoms with Gasteiger partial charge in [-0.05, 0) is 18.2 Å². The van der Waals surface area contributed by atoms with Crippen molar-refractivity contribution in [1.29, 1.82) is 0 Å². The molecule has 0 saturated heterocycles. The zero-order chi connectivity index (χ0) is 12.4. The minimum atomic E-state index is -0.504. The molecule has 0 aliphatic rings. The lowest BCUT2D eigenvalue weighted by Gasteiger charge is -2.03. The minimum Gasteiger partial charge on any atom is -0.403 e. The van der Waals surface area contributed by atoms with Crippen LogP contribution in [0.4, 0.5) is 0 Å². The fourth-order valence-electron chi connectivity index (χ4n) is 1.62. The number of ether oxygens (including phenoxy) is 1. The maximum atomic E-state index is 11.7. The van der Waals surface area contributed by atoms with Crippen LogP contribution in [0.25, 0.3) is 10.9 Å². The molecular formula is C13H9N3O2. The normalized spacial score (nSPS) is 10.4. The van der Waals surface area contributed by atoms with Crippen LogP contribution in [-0.4, -0.2) is 21.2 Å². The zero-order valence-corrected chi connectivity index (χ0v) is 9.33. The number of carbonyl (C=O) groups is 1. The monoisotopic (exact) mass is 239 g/mol. The molecule has 0 amide bonds. The molecule has 0 unspecified atom stereocenters. The van der Waals surface area contributed by atoms with E-state index in [2.05, 4.69) is 15.2 Å². The Kier molecular flexibility index (Phi) is 2.49. The van der Waals surface area contributed by atoms with Gasteiger partial charge in [0, 0.05) is 17.6 Å². The molecule has 0 bridgehead atoms. The molecule has 18 heavy (non-hydrogen) atoms. The number of pyridine rings is 1. The van der Waals surface area contributed by atoms with Gasteiger partial charge in [-0.25, -0.2) is 9.78 Å². The van der Waals surface area contributed by atoms with Crippen LogP contribution in [0, 0.1) is 0 Å². The van der Waals surface area contributed by atoms with Crippen molar-refractivity contribution in [2.75, 3.05) is 0 Å². The highest BCUT2D eigenvalue weighted by Crippen LogP contribution is 2.16. The molecule has 3 rings (SSSR count). The van der Waals surface area contributed by atoms with Gasteiger partial charge in [-0.2, -0.15) is 5.10 Å². The molecule has 0 aliphatic carbocycles. The van der Waals surface area contributed by atoms with E-state index in [4.69, 9.17) is 4.74 Å². The fourth-order valence-corrected chi connectivity index (χ4v) is 1.62. The molecular weight excluding hydrogens is 230 g/mol. The third-order valence-electron chi connectivity index (χ3n) is 2.49. The van der Waals surface area contributed by atoms with Crippen LogP contribution >= 0.6 is 0 Å². The number of esters is 1. The number of hydrogen-bond donors (Lipinski definition) is 1. The number of aromatic amines is 1. The zero-order valence-electron chi connectivity index (χ0n) is 9.33. The topological polar surface area (TPSA) is 67.9 Å².